The van der Waals surface area contributed by atoms with Gasteiger partial charge in [-0.3, -0.25) is 9.52 Å². The Morgan fingerprint density at radius 2 is 1.73 bits per heavy atom. The van der Waals surface area contributed by atoms with Crippen LogP contribution in [-0.4, -0.2) is 46.0 Å². The zero-order valence-electron chi connectivity index (χ0n) is 18.3. The van der Waals surface area contributed by atoms with E-state index in [4.69, 9.17) is 9.47 Å². The number of para-hydroxylation sites is 1. The van der Waals surface area contributed by atoms with Gasteiger partial charge in [0.2, 0.25) is 0 Å². The smallest absolute Gasteiger partial charge is 0.261 e. The van der Waals surface area contributed by atoms with E-state index in [0.29, 0.717) is 17.9 Å². The van der Waals surface area contributed by atoms with Crippen molar-refractivity contribution in [2.45, 2.75) is 11.8 Å². The van der Waals surface area contributed by atoms with Gasteiger partial charge in [0, 0.05) is 18.3 Å². The van der Waals surface area contributed by atoms with Crippen molar-refractivity contribution in [3.05, 3.63) is 84.2 Å². The first-order valence-corrected chi connectivity index (χ1v) is 11.8. The van der Waals surface area contributed by atoms with Crippen LogP contribution in [0, 0.1) is 5.82 Å². The second-order valence-corrected chi connectivity index (χ2v) is 8.78. The van der Waals surface area contributed by atoms with Gasteiger partial charge in [0.05, 0.1) is 18.0 Å². The highest BCUT2D eigenvalue weighted by atomic mass is 32.2. The number of hydrogen-bond donors (Lipinski definition) is 1. The van der Waals surface area contributed by atoms with Crippen molar-refractivity contribution < 1.29 is 27.1 Å². The van der Waals surface area contributed by atoms with E-state index >= 15 is 0 Å². The van der Waals surface area contributed by atoms with Gasteiger partial charge in [-0.2, -0.15) is 0 Å². The van der Waals surface area contributed by atoms with Crippen LogP contribution in [0.2, 0.25) is 0 Å². The van der Waals surface area contributed by atoms with Crippen LogP contribution in [0.25, 0.3) is 0 Å². The van der Waals surface area contributed by atoms with Gasteiger partial charge >= 0.3 is 0 Å². The van der Waals surface area contributed by atoms with Crippen LogP contribution < -0.4 is 14.2 Å². The summed E-state index contributed by atoms with van der Waals surface area (Å²) in [5, 5.41) is 0. The lowest BCUT2D eigenvalue weighted by Crippen LogP contribution is -2.31. The number of anilines is 1. The first-order chi connectivity index (χ1) is 15.8. The third-order valence-electron chi connectivity index (χ3n) is 4.67. The van der Waals surface area contributed by atoms with Crippen LogP contribution in [0.5, 0.6) is 11.5 Å². The molecule has 3 rings (SSSR count). The highest BCUT2D eigenvalue weighted by Crippen LogP contribution is 2.21. The van der Waals surface area contributed by atoms with Crippen LogP contribution in [-0.2, 0) is 10.0 Å². The summed E-state index contributed by atoms with van der Waals surface area (Å²) in [6.45, 7) is 2.64. The lowest BCUT2D eigenvalue weighted by Gasteiger charge is -2.18. The molecule has 3 aromatic rings. The first kappa shape index (κ1) is 24.1. The molecule has 1 amide bonds. The van der Waals surface area contributed by atoms with Gasteiger partial charge in [-0.1, -0.05) is 18.2 Å². The maximum Gasteiger partial charge on any atom is 0.261 e. The van der Waals surface area contributed by atoms with E-state index < -0.39 is 15.8 Å². The minimum atomic E-state index is -3.84. The summed E-state index contributed by atoms with van der Waals surface area (Å²) in [4.78, 5) is 14.2. The number of halogens is 1. The van der Waals surface area contributed by atoms with Crippen molar-refractivity contribution in [3.8, 4) is 11.5 Å². The molecule has 0 atom stereocenters. The normalized spacial score (nSPS) is 11.0. The predicted octanol–water partition coefficient (Wildman–Crippen LogP) is 4.18. The molecule has 0 aromatic heterocycles. The van der Waals surface area contributed by atoms with Gasteiger partial charge < -0.3 is 14.4 Å². The number of sulfonamides is 1. The molecule has 0 aliphatic heterocycles. The number of ether oxygens (including phenoxy) is 2. The Labute approximate surface area is 192 Å². The largest absolute Gasteiger partial charge is 0.494 e. The number of nitrogens with zero attached hydrogens (tertiary/aromatic N) is 1. The van der Waals surface area contributed by atoms with Gasteiger partial charge in [-0.15, -0.1) is 0 Å². The molecule has 9 heteroatoms. The Bertz CT molecular complexity index is 1200. The third kappa shape index (κ3) is 6.45. The maximum atomic E-state index is 13.6. The quantitative estimate of drug-likeness (QED) is 0.479. The van der Waals surface area contributed by atoms with Crippen molar-refractivity contribution in [1.29, 1.82) is 0 Å². The van der Waals surface area contributed by atoms with Gasteiger partial charge in [0.15, 0.2) is 11.6 Å². The molecule has 0 radical (unpaired) electrons. The maximum absolute atomic E-state index is 13.6. The van der Waals surface area contributed by atoms with E-state index in [9.17, 15) is 17.6 Å². The SMILES string of the molecule is CCOc1ccc(S(=O)(=O)Nc2cccc(C(=O)N(C)CCOc3ccccc3F)c2)cc1. The summed E-state index contributed by atoms with van der Waals surface area (Å²) in [5.41, 5.74) is 0.557. The van der Waals surface area contributed by atoms with Crippen molar-refractivity contribution in [3.63, 3.8) is 0 Å². The third-order valence-corrected chi connectivity index (χ3v) is 6.07. The van der Waals surface area contributed by atoms with Crippen LogP contribution in [0.3, 0.4) is 0 Å². The minimum absolute atomic E-state index is 0.0742. The molecular weight excluding hydrogens is 447 g/mol. The highest BCUT2D eigenvalue weighted by Gasteiger charge is 2.17. The molecule has 33 heavy (non-hydrogen) atoms. The van der Waals surface area contributed by atoms with Crippen LogP contribution >= 0.6 is 0 Å². The zero-order chi connectivity index (χ0) is 23.8. The molecule has 0 bridgehead atoms. The van der Waals surface area contributed by atoms with Crippen molar-refractivity contribution in [2.75, 3.05) is 31.5 Å². The van der Waals surface area contributed by atoms with Gasteiger partial charge in [-0.05, 0) is 61.5 Å². The molecule has 0 saturated heterocycles. The van der Waals surface area contributed by atoms with E-state index in [-0.39, 0.29) is 35.4 Å². The monoisotopic (exact) mass is 472 g/mol. The number of likely N-dealkylation sites (N-methyl/N-ethyl adjacent to an activating group) is 1. The molecule has 1 N–H and O–H groups in total. The molecule has 0 heterocycles. The van der Waals surface area contributed by atoms with Crippen molar-refractivity contribution in [1.82, 2.24) is 4.90 Å². The fraction of sp³-hybridized carbons (Fsp3) is 0.208. The number of carbonyl (C=O) groups excluding carboxylic acids is 1. The van der Waals surface area contributed by atoms with E-state index in [1.807, 2.05) is 6.92 Å². The first-order valence-electron chi connectivity index (χ1n) is 10.3. The van der Waals surface area contributed by atoms with Crippen LogP contribution in [0.1, 0.15) is 17.3 Å². The second kappa shape index (κ2) is 10.8. The zero-order valence-corrected chi connectivity index (χ0v) is 19.1. The Kier molecular flexibility index (Phi) is 7.89. The van der Waals surface area contributed by atoms with Gasteiger partial charge in [0.25, 0.3) is 15.9 Å². The van der Waals surface area contributed by atoms with Crippen molar-refractivity contribution in [2.24, 2.45) is 0 Å². The van der Waals surface area contributed by atoms with E-state index in [2.05, 4.69) is 4.72 Å². The lowest BCUT2D eigenvalue weighted by atomic mass is 10.2. The summed E-state index contributed by atoms with van der Waals surface area (Å²) < 4.78 is 52.2. The molecule has 0 fully saturated rings. The summed E-state index contributed by atoms with van der Waals surface area (Å²) in [5.74, 6) is -0.108. The Morgan fingerprint density at radius 1 is 1.00 bits per heavy atom. The van der Waals surface area contributed by atoms with E-state index in [0.717, 1.165) is 0 Å². The number of rotatable bonds is 10. The number of nitrogens with one attached hydrogen (secondary N) is 1. The fourth-order valence-electron chi connectivity index (χ4n) is 2.99. The summed E-state index contributed by atoms with van der Waals surface area (Å²) in [7, 11) is -2.26. The van der Waals surface area contributed by atoms with Gasteiger partial charge in [-0.25, -0.2) is 12.8 Å². The van der Waals surface area contributed by atoms with Crippen LogP contribution in [0.15, 0.2) is 77.7 Å². The average Bonchev–Trinajstić information content (AvgIpc) is 2.80. The average molecular weight is 473 g/mol. The number of benzene rings is 3. The molecule has 7 nitrogen and oxygen atoms in total. The Morgan fingerprint density at radius 3 is 2.42 bits per heavy atom. The Hall–Kier alpha value is -3.59. The molecule has 0 unspecified atom stereocenters. The molecule has 0 aliphatic carbocycles. The number of carbonyl (C=O) groups is 1. The number of amides is 1. The summed E-state index contributed by atoms with van der Waals surface area (Å²) in [6, 6.07) is 18.3. The number of hydrogen-bond acceptors (Lipinski definition) is 5. The standard InChI is InChI=1S/C24H25FN2O5S/c1-3-31-20-11-13-21(14-12-20)33(29,30)26-19-8-6-7-18(17-19)24(28)27(2)15-16-32-23-10-5-4-9-22(23)25/h4-14,17,26H,3,15-16H2,1-2H3. The molecule has 0 aliphatic rings. The minimum Gasteiger partial charge on any atom is -0.494 e. The molecule has 3 aromatic carbocycles. The molecular formula is C24H25FN2O5S. The van der Waals surface area contributed by atoms with Crippen LogP contribution in [0.4, 0.5) is 10.1 Å². The van der Waals surface area contributed by atoms with Crippen molar-refractivity contribution >= 4 is 21.6 Å². The summed E-state index contributed by atoms with van der Waals surface area (Å²) in [6.07, 6.45) is 0. The highest BCUT2D eigenvalue weighted by molar-refractivity contribution is 7.92. The molecule has 174 valence electrons. The van der Waals surface area contributed by atoms with E-state index in [1.54, 1.807) is 49.5 Å². The Balaban J connectivity index is 1.63. The summed E-state index contributed by atoms with van der Waals surface area (Å²) >= 11 is 0. The molecule has 0 saturated carbocycles. The second-order valence-electron chi connectivity index (χ2n) is 7.10. The fourth-order valence-corrected chi connectivity index (χ4v) is 4.04. The topological polar surface area (TPSA) is 84.9 Å². The lowest BCUT2D eigenvalue weighted by molar-refractivity contribution is 0.0773. The molecule has 0 spiro atoms. The van der Waals surface area contributed by atoms with Gasteiger partial charge in [0.1, 0.15) is 12.4 Å². The van der Waals surface area contributed by atoms with E-state index in [1.165, 1.54) is 35.2 Å². The predicted molar refractivity (Wildman–Crippen MR) is 124 cm³/mol.